The molecule has 0 saturated carbocycles. The average Bonchev–Trinajstić information content (AvgIpc) is 2.94. The van der Waals surface area contributed by atoms with Crippen molar-refractivity contribution in [2.75, 3.05) is 7.05 Å². The van der Waals surface area contributed by atoms with Crippen LogP contribution in [0.2, 0.25) is 0 Å². The molecule has 1 aromatic carbocycles. The minimum absolute atomic E-state index is 0.0412. The molecule has 0 aliphatic heterocycles. The molecule has 1 unspecified atom stereocenters. The zero-order valence-electron chi connectivity index (χ0n) is 12.8. The van der Waals surface area contributed by atoms with Crippen LogP contribution in [0, 0.1) is 0 Å². The van der Waals surface area contributed by atoms with Crippen molar-refractivity contribution in [2.24, 2.45) is 5.14 Å². The van der Waals surface area contributed by atoms with Gasteiger partial charge in [-0.15, -0.1) is 0 Å². The first kappa shape index (κ1) is 17.2. The summed E-state index contributed by atoms with van der Waals surface area (Å²) in [6, 6.07) is 7.59. The summed E-state index contributed by atoms with van der Waals surface area (Å²) in [5, 5.41) is 14.2. The second kappa shape index (κ2) is 6.53. The van der Waals surface area contributed by atoms with Gasteiger partial charge in [0.1, 0.15) is 11.3 Å². The van der Waals surface area contributed by atoms with E-state index in [1.807, 2.05) is 11.8 Å². The Bertz CT molecular complexity index is 813. The van der Waals surface area contributed by atoms with Crippen molar-refractivity contribution in [3.63, 3.8) is 0 Å². The highest BCUT2D eigenvalue weighted by Crippen LogP contribution is 2.24. The van der Waals surface area contributed by atoms with E-state index in [1.165, 1.54) is 24.5 Å². The molecule has 0 aliphatic rings. The molecule has 1 aromatic heterocycles. The van der Waals surface area contributed by atoms with Gasteiger partial charge in [0.15, 0.2) is 0 Å². The van der Waals surface area contributed by atoms with E-state index >= 15 is 0 Å². The molecule has 124 valence electrons. The van der Waals surface area contributed by atoms with Crippen molar-refractivity contribution < 1.29 is 22.7 Å². The Morgan fingerprint density at radius 3 is 2.70 bits per heavy atom. The lowest BCUT2D eigenvalue weighted by atomic mass is 10.1. The van der Waals surface area contributed by atoms with Gasteiger partial charge in [-0.1, -0.05) is 12.1 Å². The molecule has 0 aliphatic carbocycles. The minimum atomic E-state index is -3.77. The fourth-order valence-corrected chi connectivity index (χ4v) is 2.79. The van der Waals surface area contributed by atoms with Crippen LogP contribution < -0.4 is 5.14 Å². The summed E-state index contributed by atoms with van der Waals surface area (Å²) < 4.78 is 28.1. The summed E-state index contributed by atoms with van der Waals surface area (Å²) in [7, 11) is -1.97. The molecule has 0 saturated heterocycles. The first-order valence-electron chi connectivity index (χ1n) is 6.83. The number of aromatic carboxylic acids is 1. The number of nitrogens with zero attached hydrogens (tertiary/aromatic N) is 1. The lowest BCUT2D eigenvalue weighted by Crippen LogP contribution is -2.23. The molecule has 2 aromatic rings. The molecule has 1 heterocycles. The van der Waals surface area contributed by atoms with Crippen molar-refractivity contribution in [1.29, 1.82) is 0 Å². The first-order valence-corrected chi connectivity index (χ1v) is 8.37. The van der Waals surface area contributed by atoms with Gasteiger partial charge in [-0.3, -0.25) is 4.90 Å². The van der Waals surface area contributed by atoms with Gasteiger partial charge in [-0.2, -0.15) is 0 Å². The Morgan fingerprint density at radius 1 is 1.39 bits per heavy atom. The number of primary sulfonamides is 1. The van der Waals surface area contributed by atoms with Crippen LogP contribution in [-0.4, -0.2) is 31.4 Å². The Kier molecular flexibility index (Phi) is 4.88. The van der Waals surface area contributed by atoms with Crippen molar-refractivity contribution in [2.45, 2.75) is 24.4 Å². The maximum Gasteiger partial charge on any atom is 0.339 e. The first-order chi connectivity index (χ1) is 10.7. The zero-order chi connectivity index (χ0) is 17.2. The molecule has 8 heteroatoms. The van der Waals surface area contributed by atoms with Gasteiger partial charge in [0, 0.05) is 6.04 Å². The molecule has 1 atom stereocenters. The average molecular weight is 338 g/mol. The number of rotatable bonds is 6. The van der Waals surface area contributed by atoms with Crippen LogP contribution in [0.5, 0.6) is 0 Å². The third-order valence-corrected chi connectivity index (χ3v) is 4.61. The van der Waals surface area contributed by atoms with E-state index in [2.05, 4.69) is 0 Å². The van der Waals surface area contributed by atoms with E-state index in [1.54, 1.807) is 19.2 Å². The topological polar surface area (TPSA) is 114 Å². The molecular weight excluding hydrogens is 320 g/mol. The van der Waals surface area contributed by atoms with Crippen LogP contribution >= 0.6 is 0 Å². The number of carboxylic acids is 1. The third kappa shape index (κ3) is 3.98. The largest absolute Gasteiger partial charge is 0.478 e. The number of benzene rings is 1. The second-order valence-electron chi connectivity index (χ2n) is 5.27. The normalized spacial score (nSPS) is 13.2. The predicted molar refractivity (Wildman–Crippen MR) is 83.4 cm³/mol. The summed E-state index contributed by atoms with van der Waals surface area (Å²) in [6.07, 6.45) is 1.33. The second-order valence-corrected chi connectivity index (χ2v) is 6.83. The number of carboxylic acid groups (broad SMARTS) is 1. The molecule has 3 N–H and O–H groups in total. The number of sulfonamides is 1. The maximum atomic E-state index is 11.4. The SMILES string of the molecule is CC(c1cccc(S(N)(=O)=O)c1)N(C)Cc1occc1C(=O)O. The van der Waals surface area contributed by atoms with E-state index in [-0.39, 0.29) is 23.0 Å². The molecule has 7 nitrogen and oxygen atoms in total. The highest BCUT2D eigenvalue weighted by atomic mass is 32.2. The smallest absolute Gasteiger partial charge is 0.339 e. The minimum Gasteiger partial charge on any atom is -0.478 e. The van der Waals surface area contributed by atoms with E-state index in [9.17, 15) is 13.2 Å². The molecule has 0 bridgehead atoms. The number of furan rings is 1. The summed E-state index contributed by atoms with van der Waals surface area (Å²) in [6.45, 7) is 2.15. The highest BCUT2D eigenvalue weighted by Gasteiger charge is 2.19. The van der Waals surface area contributed by atoms with Gasteiger partial charge in [0.2, 0.25) is 10.0 Å². The molecule has 2 rings (SSSR count). The Hall–Kier alpha value is -2.16. The number of carbonyl (C=O) groups is 1. The number of hydrogen-bond acceptors (Lipinski definition) is 5. The summed E-state index contributed by atoms with van der Waals surface area (Å²) in [4.78, 5) is 13.0. The van der Waals surface area contributed by atoms with Crippen LogP contribution in [0.25, 0.3) is 0 Å². The summed E-state index contributed by atoms with van der Waals surface area (Å²) in [5.41, 5.74) is 0.866. The quantitative estimate of drug-likeness (QED) is 0.830. The summed E-state index contributed by atoms with van der Waals surface area (Å²) >= 11 is 0. The fourth-order valence-electron chi connectivity index (χ4n) is 2.22. The predicted octanol–water partition coefficient (Wildman–Crippen LogP) is 1.82. The Balaban J connectivity index is 2.21. The molecular formula is C15H18N2O5S. The van der Waals surface area contributed by atoms with Crippen molar-refractivity contribution >= 4 is 16.0 Å². The molecule has 0 amide bonds. The van der Waals surface area contributed by atoms with E-state index < -0.39 is 16.0 Å². The van der Waals surface area contributed by atoms with Crippen LogP contribution in [-0.2, 0) is 16.6 Å². The Morgan fingerprint density at radius 2 is 2.09 bits per heavy atom. The van der Waals surface area contributed by atoms with Crippen LogP contribution in [0.3, 0.4) is 0 Å². The zero-order valence-corrected chi connectivity index (χ0v) is 13.6. The van der Waals surface area contributed by atoms with Crippen molar-refractivity contribution in [3.05, 3.63) is 53.5 Å². The maximum absolute atomic E-state index is 11.4. The third-order valence-electron chi connectivity index (χ3n) is 3.70. The van der Waals surface area contributed by atoms with Crippen LogP contribution in [0.1, 0.15) is 34.6 Å². The molecule has 0 spiro atoms. The van der Waals surface area contributed by atoms with Crippen molar-refractivity contribution in [1.82, 2.24) is 4.90 Å². The Labute approximate surface area is 134 Å². The van der Waals surface area contributed by atoms with E-state index in [0.29, 0.717) is 5.76 Å². The lowest BCUT2D eigenvalue weighted by molar-refractivity contribution is 0.0692. The van der Waals surface area contributed by atoms with E-state index in [4.69, 9.17) is 14.7 Å². The highest BCUT2D eigenvalue weighted by molar-refractivity contribution is 7.89. The lowest BCUT2D eigenvalue weighted by Gasteiger charge is -2.24. The summed E-state index contributed by atoms with van der Waals surface area (Å²) in [5.74, 6) is -0.708. The number of nitrogens with two attached hydrogens (primary N) is 1. The molecule has 23 heavy (non-hydrogen) atoms. The molecule has 0 radical (unpaired) electrons. The molecule has 0 fully saturated rings. The van der Waals surface area contributed by atoms with E-state index in [0.717, 1.165) is 5.56 Å². The fraction of sp³-hybridized carbons (Fsp3) is 0.267. The van der Waals surface area contributed by atoms with Crippen LogP contribution in [0.4, 0.5) is 0 Å². The van der Waals surface area contributed by atoms with Gasteiger partial charge >= 0.3 is 5.97 Å². The van der Waals surface area contributed by atoms with Gasteiger partial charge in [0.05, 0.1) is 17.7 Å². The van der Waals surface area contributed by atoms with Gasteiger partial charge in [-0.25, -0.2) is 18.4 Å². The number of hydrogen-bond donors (Lipinski definition) is 2. The van der Waals surface area contributed by atoms with Gasteiger partial charge < -0.3 is 9.52 Å². The van der Waals surface area contributed by atoms with Gasteiger partial charge in [0.25, 0.3) is 0 Å². The standard InChI is InChI=1S/C15H18N2O5S/c1-10(11-4-3-5-12(8-11)23(16,20)21)17(2)9-14-13(15(18)19)6-7-22-14/h3-8,10H,9H2,1-2H3,(H,18,19)(H2,16,20,21). The van der Waals surface area contributed by atoms with Gasteiger partial charge in [-0.05, 0) is 37.7 Å². The monoisotopic (exact) mass is 338 g/mol. The van der Waals surface area contributed by atoms with Crippen molar-refractivity contribution in [3.8, 4) is 0 Å². The van der Waals surface area contributed by atoms with Crippen LogP contribution in [0.15, 0.2) is 45.9 Å².